The number of nitrogens with two attached hydrogens (primary N) is 2. The van der Waals surface area contributed by atoms with Crippen LogP contribution in [0.25, 0.3) is 11.1 Å². The lowest BCUT2D eigenvalue weighted by molar-refractivity contribution is -0.123. The Morgan fingerprint density at radius 3 is 2.32 bits per heavy atom. The van der Waals surface area contributed by atoms with Crippen molar-refractivity contribution < 1.29 is 26.0 Å². The number of primary sulfonamides is 1. The highest BCUT2D eigenvalue weighted by Gasteiger charge is 2.41. The number of nitrogens with zero attached hydrogens (tertiary/aromatic N) is 2. The molecule has 0 radical (unpaired) electrons. The zero-order valence-electron chi connectivity index (χ0n) is 23.4. The lowest BCUT2D eigenvalue weighted by Gasteiger charge is -2.38. The lowest BCUT2D eigenvalue weighted by atomic mass is 10.0. The second-order valence-corrected chi connectivity index (χ2v) is 13.8. The van der Waals surface area contributed by atoms with E-state index in [4.69, 9.17) is 16.3 Å². The van der Waals surface area contributed by atoms with Crippen LogP contribution in [0.3, 0.4) is 0 Å². The molecule has 1 aliphatic heterocycles. The highest BCUT2D eigenvalue weighted by atomic mass is 32.2. The van der Waals surface area contributed by atoms with Gasteiger partial charge < -0.3 is 10.6 Å². The fourth-order valence-electron chi connectivity index (χ4n) is 5.29. The van der Waals surface area contributed by atoms with Crippen molar-refractivity contribution in [3.05, 3.63) is 114 Å². The average Bonchev–Trinajstić information content (AvgIpc) is 3.00. The van der Waals surface area contributed by atoms with Gasteiger partial charge in [-0.15, -0.1) is 0 Å². The molecule has 0 aromatic heterocycles. The smallest absolute Gasteiger partial charge is 0.245 e. The second kappa shape index (κ2) is 12.3. The van der Waals surface area contributed by atoms with Crippen LogP contribution in [0.5, 0.6) is 0 Å². The molecular formula is C31H30FN5O5S2. The van der Waals surface area contributed by atoms with Crippen molar-refractivity contribution >= 4 is 37.5 Å². The van der Waals surface area contributed by atoms with Crippen LogP contribution >= 0.6 is 0 Å². The monoisotopic (exact) mass is 635 g/mol. The summed E-state index contributed by atoms with van der Waals surface area (Å²) in [7, 11) is -8.38. The van der Waals surface area contributed by atoms with E-state index in [9.17, 15) is 21.6 Å². The quantitative estimate of drug-likeness (QED) is 0.187. The van der Waals surface area contributed by atoms with E-state index >= 15 is 4.39 Å². The first-order valence-electron chi connectivity index (χ1n) is 13.6. The van der Waals surface area contributed by atoms with Crippen molar-refractivity contribution in [1.82, 2.24) is 4.31 Å². The number of carbonyl (C=O) groups excluding carboxylic acids is 1. The summed E-state index contributed by atoms with van der Waals surface area (Å²) in [5.74, 6) is -1.69. The third-order valence-corrected chi connectivity index (χ3v) is 10.3. The molecule has 0 saturated carbocycles. The summed E-state index contributed by atoms with van der Waals surface area (Å²) in [5.41, 5.74) is 6.86. The van der Waals surface area contributed by atoms with Crippen LogP contribution in [-0.4, -0.2) is 45.5 Å². The molecule has 1 heterocycles. The third-order valence-electron chi connectivity index (χ3n) is 7.43. The van der Waals surface area contributed by atoms with Crippen molar-refractivity contribution in [3.63, 3.8) is 0 Å². The molecule has 1 aliphatic rings. The van der Waals surface area contributed by atoms with Crippen LogP contribution in [0.2, 0.25) is 0 Å². The summed E-state index contributed by atoms with van der Waals surface area (Å²) in [6.45, 7) is 0.0297. The number of piperidine rings is 1. The Balaban J connectivity index is 1.53. The summed E-state index contributed by atoms with van der Waals surface area (Å²) in [6, 6.07) is 23.2. The Bertz CT molecular complexity index is 1950. The van der Waals surface area contributed by atoms with Gasteiger partial charge in [-0.25, -0.2) is 26.4 Å². The number of halogens is 1. The standard InChI is InChI=1S/C31H30FN5O5S2/c32-26-19-22(25-12-4-5-14-29(25)43(35,39)40)15-16-27(26)36-17-7-13-28(31(36)38)37(20-21-8-2-1-3-9-21)44(41,42)24-11-6-10-23(18-24)30(33)34/h1-6,8-12,14-16,18-19,28H,7,13,17,20H2,(H3,33,34)(H2,35,39,40). The van der Waals surface area contributed by atoms with Gasteiger partial charge in [-0.05, 0) is 54.3 Å². The summed E-state index contributed by atoms with van der Waals surface area (Å²) in [5, 5.41) is 13.1. The number of carbonyl (C=O) groups is 1. The van der Waals surface area contributed by atoms with E-state index in [1.807, 2.05) is 0 Å². The molecule has 0 bridgehead atoms. The van der Waals surface area contributed by atoms with E-state index < -0.39 is 37.8 Å². The number of nitrogens with one attached hydrogen (secondary N) is 1. The van der Waals surface area contributed by atoms with Crippen LogP contribution in [-0.2, 0) is 31.4 Å². The first-order chi connectivity index (χ1) is 20.9. The van der Waals surface area contributed by atoms with Crippen LogP contribution < -0.4 is 15.8 Å². The van der Waals surface area contributed by atoms with Crippen molar-refractivity contribution in [3.8, 4) is 11.1 Å². The highest BCUT2D eigenvalue weighted by Crippen LogP contribution is 2.34. The average molecular weight is 636 g/mol. The van der Waals surface area contributed by atoms with Gasteiger partial charge in [-0.1, -0.05) is 66.7 Å². The van der Waals surface area contributed by atoms with Crippen LogP contribution in [0.4, 0.5) is 10.1 Å². The molecule has 228 valence electrons. The van der Waals surface area contributed by atoms with Crippen molar-refractivity contribution in [1.29, 1.82) is 5.41 Å². The Morgan fingerprint density at radius 1 is 0.932 bits per heavy atom. The number of nitrogen functional groups attached to an aromatic ring is 1. The molecule has 0 aliphatic carbocycles. The summed E-state index contributed by atoms with van der Waals surface area (Å²) in [6.07, 6.45) is 0.593. The van der Waals surface area contributed by atoms with E-state index in [2.05, 4.69) is 0 Å². The SMILES string of the molecule is N=C(N)c1cccc(S(=O)(=O)N(Cc2ccccc2)C2CCCN(c3ccc(-c4ccccc4S(N)(=O)=O)cc3F)C2=O)c1. The third kappa shape index (κ3) is 6.26. The van der Waals surface area contributed by atoms with E-state index in [0.29, 0.717) is 12.0 Å². The van der Waals surface area contributed by atoms with Crippen LogP contribution in [0, 0.1) is 11.2 Å². The molecule has 1 saturated heterocycles. The molecule has 5 N–H and O–H groups in total. The number of anilines is 1. The minimum absolute atomic E-state index is 0.0628. The lowest BCUT2D eigenvalue weighted by Crippen LogP contribution is -2.54. The summed E-state index contributed by atoms with van der Waals surface area (Å²) >= 11 is 0. The van der Waals surface area contributed by atoms with Gasteiger partial charge in [0.2, 0.25) is 26.0 Å². The Morgan fingerprint density at radius 2 is 1.64 bits per heavy atom. The Hall–Kier alpha value is -4.43. The predicted octanol–water partition coefficient (Wildman–Crippen LogP) is 3.81. The zero-order chi connectivity index (χ0) is 31.6. The molecule has 1 atom stereocenters. The molecule has 5 rings (SSSR count). The molecule has 1 amide bonds. The maximum absolute atomic E-state index is 15.7. The fourth-order valence-corrected chi connectivity index (χ4v) is 7.70. The Labute approximate surface area is 255 Å². The van der Waals surface area contributed by atoms with E-state index in [-0.39, 0.29) is 57.5 Å². The number of amides is 1. The van der Waals surface area contributed by atoms with Crippen molar-refractivity contribution in [2.75, 3.05) is 11.4 Å². The van der Waals surface area contributed by atoms with Gasteiger partial charge in [0.1, 0.15) is 17.7 Å². The second-order valence-electron chi connectivity index (χ2n) is 10.3. The van der Waals surface area contributed by atoms with Crippen LogP contribution in [0.1, 0.15) is 24.0 Å². The molecule has 13 heteroatoms. The Kier molecular flexibility index (Phi) is 8.66. The number of hydrogen-bond donors (Lipinski definition) is 3. The van der Waals surface area contributed by atoms with Gasteiger partial charge in [-0.3, -0.25) is 10.2 Å². The molecule has 4 aromatic rings. The number of sulfonamides is 2. The maximum atomic E-state index is 15.7. The molecule has 10 nitrogen and oxygen atoms in total. The van der Waals surface area contributed by atoms with Gasteiger partial charge in [0.25, 0.3) is 0 Å². The largest absolute Gasteiger partial charge is 0.384 e. The topological polar surface area (TPSA) is 168 Å². The number of amidine groups is 1. The summed E-state index contributed by atoms with van der Waals surface area (Å²) < 4.78 is 69.2. The predicted molar refractivity (Wildman–Crippen MR) is 165 cm³/mol. The number of benzene rings is 4. The molecule has 0 spiro atoms. The fraction of sp³-hybridized carbons (Fsp3) is 0.161. The molecule has 1 fully saturated rings. The van der Waals surface area contributed by atoms with Gasteiger partial charge in [0.05, 0.1) is 15.5 Å². The van der Waals surface area contributed by atoms with E-state index in [1.165, 1.54) is 59.5 Å². The minimum Gasteiger partial charge on any atom is -0.384 e. The van der Waals surface area contributed by atoms with Gasteiger partial charge in [0.15, 0.2) is 0 Å². The first kappa shape index (κ1) is 31.0. The number of rotatable bonds is 9. The first-order valence-corrected chi connectivity index (χ1v) is 16.6. The number of hydrogen-bond acceptors (Lipinski definition) is 6. The van der Waals surface area contributed by atoms with Gasteiger partial charge in [0, 0.05) is 24.2 Å². The van der Waals surface area contributed by atoms with Gasteiger partial charge >= 0.3 is 0 Å². The maximum Gasteiger partial charge on any atom is 0.245 e. The normalized spacial score (nSPS) is 15.8. The van der Waals surface area contributed by atoms with E-state index in [0.717, 1.165) is 10.4 Å². The zero-order valence-corrected chi connectivity index (χ0v) is 25.1. The van der Waals surface area contributed by atoms with Crippen LogP contribution in [0.15, 0.2) is 107 Å². The van der Waals surface area contributed by atoms with Crippen molar-refractivity contribution in [2.45, 2.75) is 35.2 Å². The molecule has 1 unspecified atom stereocenters. The minimum atomic E-state index is -4.29. The molecule has 4 aromatic carbocycles. The van der Waals surface area contributed by atoms with E-state index in [1.54, 1.807) is 36.4 Å². The van der Waals surface area contributed by atoms with Crippen molar-refractivity contribution in [2.24, 2.45) is 10.9 Å². The molecule has 44 heavy (non-hydrogen) atoms. The molecular weight excluding hydrogens is 606 g/mol. The van der Waals surface area contributed by atoms with Gasteiger partial charge in [-0.2, -0.15) is 4.31 Å². The highest BCUT2D eigenvalue weighted by molar-refractivity contribution is 7.89. The summed E-state index contributed by atoms with van der Waals surface area (Å²) in [4.78, 5) is 14.9.